The topological polar surface area (TPSA) is 84.2 Å². The van der Waals surface area contributed by atoms with Gasteiger partial charge in [-0.1, -0.05) is 6.07 Å². The van der Waals surface area contributed by atoms with Gasteiger partial charge >= 0.3 is 5.97 Å². The molecule has 0 saturated carbocycles. The first-order chi connectivity index (χ1) is 10.3. The largest absolute Gasteiger partial charge is 0.479 e. The molecular formula is C14H13F2N3O3. The van der Waals surface area contributed by atoms with Crippen LogP contribution in [0.2, 0.25) is 0 Å². The van der Waals surface area contributed by atoms with E-state index in [1.807, 2.05) is 0 Å². The fraction of sp³-hybridized carbons (Fsp3) is 0.214. The molecule has 0 unspecified atom stereocenters. The molecule has 2 aromatic rings. The van der Waals surface area contributed by atoms with Crippen LogP contribution in [-0.4, -0.2) is 26.8 Å². The van der Waals surface area contributed by atoms with Crippen LogP contribution in [0, 0.1) is 18.6 Å². The number of carboxylic acid groups (broad SMARTS) is 1. The highest BCUT2D eigenvalue weighted by atomic mass is 19.2. The smallest absolute Gasteiger partial charge is 0.330 e. The third kappa shape index (κ3) is 3.11. The van der Waals surface area contributed by atoms with Gasteiger partial charge in [-0.15, -0.1) is 0 Å². The van der Waals surface area contributed by atoms with E-state index in [4.69, 9.17) is 0 Å². The number of aliphatic carboxylic acids is 1. The number of amides is 1. The lowest BCUT2D eigenvalue weighted by Gasteiger charge is -2.15. The van der Waals surface area contributed by atoms with Gasteiger partial charge in [-0.2, -0.15) is 5.10 Å². The molecule has 1 heterocycles. The highest BCUT2D eigenvalue weighted by molar-refractivity contribution is 5.95. The van der Waals surface area contributed by atoms with E-state index in [1.165, 1.54) is 17.8 Å². The van der Waals surface area contributed by atoms with Crippen molar-refractivity contribution in [2.75, 3.05) is 0 Å². The summed E-state index contributed by atoms with van der Waals surface area (Å²) in [5.41, 5.74) is 0.678. The van der Waals surface area contributed by atoms with Crippen molar-refractivity contribution >= 4 is 11.9 Å². The van der Waals surface area contributed by atoms with Crippen LogP contribution in [-0.2, 0) is 11.8 Å². The number of halogens is 2. The third-order valence-electron chi connectivity index (χ3n) is 3.03. The van der Waals surface area contributed by atoms with Gasteiger partial charge in [0.1, 0.15) is 5.69 Å². The summed E-state index contributed by atoms with van der Waals surface area (Å²) in [6.45, 7) is 1.68. The molecule has 2 rings (SSSR count). The second-order valence-corrected chi connectivity index (χ2v) is 4.71. The van der Waals surface area contributed by atoms with Crippen molar-refractivity contribution in [3.63, 3.8) is 0 Å². The second kappa shape index (κ2) is 5.92. The van der Waals surface area contributed by atoms with E-state index in [-0.39, 0.29) is 11.3 Å². The molecule has 0 aliphatic rings. The van der Waals surface area contributed by atoms with E-state index in [0.29, 0.717) is 5.69 Å². The van der Waals surface area contributed by atoms with Crippen LogP contribution in [0.5, 0.6) is 0 Å². The Kier molecular flexibility index (Phi) is 4.20. The fourth-order valence-electron chi connectivity index (χ4n) is 2.01. The summed E-state index contributed by atoms with van der Waals surface area (Å²) in [6.07, 6.45) is 0. The molecule has 1 aromatic heterocycles. The number of carbonyl (C=O) groups is 2. The van der Waals surface area contributed by atoms with Crippen molar-refractivity contribution in [1.29, 1.82) is 0 Å². The van der Waals surface area contributed by atoms with Gasteiger partial charge in [0, 0.05) is 7.05 Å². The van der Waals surface area contributed by atoms with Crippen molar-refractivity contribution in [2.45, 2.75) is 13.0 Å². The van der Waals surface area contributed by atoms with Crippen molar-refractivity contribution in [3.8, 4) is 0 Å². The minimum Gasteiger partial charge on any atom is -0.479 e. The zero-order valence-corrected chi connectivity index (χ0v) is 11.8. The number of hydrogen-bond donors (Lipinski definition) is 2. The van der Waals surface area contributed by atoms with E-state index in [2.05, 4.69) is 10.4 Å². The standard InChI is InChI=1S/C14H13F2N3O3/c1-7-5-11(19(2)18-7)13(20)17-12(14(21)22)8-3-4-9(15)10(16)6-8/h3-6,12H,1-2H3,(H,17,20)(H,21,22)/t12-/m0/s1. The number of rotatable bonds is 4. The first-order valence-electron chi connectivity index (χ1n) is 6.29. The average molecular weight is 309 g/mol. The lowest BCUT2D eigenvalue weighted by Crippen LogP contribution is -2.34. The van der Waals surface area contributed by atoms with Crippen LogP contribution in [0.4, 0.5) is 8.78 Å². The monoisotopic (exact) mass is 309 g/mol. The Morgan fingerprint density at radius 2 is 1.95 bits per heavy atom. The molecular weight excluding hydrogens is 296 g/mol. The summed E-state index contributed by atoms with van der Waals surface area (Å²) >= 11 is 0. The number of carbonyl (C=O) groups excluding carboxylic acids is 1. The Morgan fingerprint density at radius 1 is 1.27 bits per heavy atom. The molecule has 116 valence electrons. The molecule has 0 spiro atoms. The number of nitrogens with zero attached hydrogens (tertiary/aromatic N) is 2. The van der Waals surface area contributed by atoms with Gasteiger partial charge in [0.2, 0.25) is 0 Å². The van der Waals surface area contributed by atoms with Gasteiger partial charge in [-0.25, -0.2) is 13.6 Å². The van der Waals surface area contributed by atoms with Gasteiger partial charge < -0.3 is 10.4 Å². The van der Waals surface area contributed by atoms with Crippen molar-refractivity contribution in [1.82, 2.24) is 15.1 Å². The fourth-order valence-corrected chi connectivity index (χ4v) is 2.01. The van der Waals surface area contributed by atoms with E-state index in [9.17, 15) is 23.5 Å². The summed E-state index contributed by atoms with van der Waals surface area (Å²) in [6, 6.07) is 2.63. The Balaban J connectivity index is 2.29. The van der Waals surface area contributed by atoms with Crippen molar-refractivity contribution < 1.29 is 23.5 Å². The molecule has 8 heteroatoms. The number of benzene rings is 1. The summed E-state index contributed by atoms with van der Waals surface area (Å²) < 4.78 is 27.5. The lowest BCUT2D eigenvalue weighted by atomic mass is 10.1. The first-order valence-corrected chi connectivity index (χ1v) is 6.29. The van der Waals surface area contributed by atoms with Crippen LogP contribution in [0.25, 0.3) is 0 Å². The average Bonchev–Trinajstić information content (AvgIpc) is 2.78. The summed E-state index contributed by atoms with van der Waals surface area (Å²) in [5, 5.41) is 15.4. The van der Waals surface area contributed by atoms with Crippen LogP contribution in [0.3, 0.4) is 0 Å². The molecule has 0 fully saturated rings. The molecule has 0 bridgehead atoms. The molecule has 0 radical (unpaired) electrons. The lowest BCUT2D eigenvalue weighted by molar-refractivity contribution is -0.139. The summed E-state index contributed by atoms with van der Waals surface area (Å²) in [5.74, 6) is -4.35. The van der Waals surface area contributed by atoms with E-state index >= 15 is 0 Å². The molecule has 0 aliphatic carbocycles. The van der Waals surface area contributed by atoms with Gasteiger partial charge in [0.05, 0.1) is 5.69 Å². The maximum Gasteiger partial charge on any atom is 0.330 e. The summed E-state index contributed by atoms with van der Waals surface area (Å²) in [7, 11) is 1.54. The van der Waals surface area contributed by atoms with Gasteiger partial charge in [0.25, 0.3) is 5.91 Å². The number of carboxylic acids is 1. The minimum atomic E-state index is -1.50. The zero-order chi connectivity index (χ0) is 16.4. The highest BCUT2D eigenvalue weighted by Crippen LogP contribution is 2.17. The number of aromatic nitrogens is 2. The molecule has 0 aliphatic heterocycles. The molecule has 22 heavy (non-hydrogen) atoms. The SMILES string of the molecule is Cc1cc(C(=O)N[C@H](C(=O)O)c2ccc(F)c(F)c2)n(C)n1. The predicted octanol–water partition coefficient (Wildman–Crippen LogP) is 1.56. The van der Waals surface area contributed by atoms with Crippen LogP contribution in [0.15, 0.2) is 24.3 Å². The van der Waals surface area contributed by atoms with Crippen molar-refractivity contribution in [3.05, 3.63) is 52.9 Å². The number of nitrogens with one attached hydrogen (secondary N) is 1. The normalized spacial score (nSPS) is 12.0. The van der Waals surface area contributed by atoms with Gasteiger partial charge in [-0.05, 0) is 30.7 Å². The third-order valence-corrected chi connectivity index (χ3v) is 3.03. The second-order valence-electron chi connectivity index (χ2n) is 4.71. The Bertz CT molecular complexity index is 743. The molecule has 1 atom stereocenters. The maximum atomic E-state index is 13.2. The van der Waals surface area contributed by atoms with Crippen molar-refractivity contribution in [2.24, 2.45) is 7.05 Å². The van der Waals surface area contributed by atoms with Crippen LogP contribution < -0.4 is 5.32 Å². The minimum absolute atomic E-state index is 0.0707. The van der Waals surface area contributed by atoms with Gasteiger partial charge in [-0.3, -0.25) is 9.48 Å². The Hall–Kier alpha value is -2.77. The first kappa shape index (κ1) is 15.6. The van der Waals surface area contributed by atoms with E-state index < -0.39 is 29.6 Å². The molecule has 1 amide bonds. The number of hydrogen-bond acceptors (Lipinski definition) is 3. The quantitative estimate of drug-likeness (QED) is 0.897. The summed E-state index contributed by atoms with van der Waals surface area (Å²) in [4.78, 5) is 23.4. The predicted molar refractivity (Wildman–Crippen MR) is 72.1 cm³/mol. The molecule has 0 saturated heterocycles. The van der Waals surface area contributed by atoms with Gasteiger partial charge in [0.15, 0.2) is 17.7 Å². The van der Waals surface area contributed by atoms with E-state index in [1.54, 1.807) is 6.92 Å². The maximum absolute atomic E-state index is 13.2. The Morgan fingerprint density at radius 3 is 2.45 bits per heavy atom. The highest BCUT2D eigenvalue weighted by Gasteiger charge is 2.25. The number of aryl methyl sites for hydroxylation is 2. The Labute approximate surface area is 124 Å². The molecule has 6 nitrogen and oxygen atoms in total. The molecule has 1 aromatic carbocycles. The van der Waals surface area contributed by atoms with Crippen LogP contribution >= 0.6 is 0 Å². The molecule has 2 N–H and O–H groups in total. The van der Waals surface area contributed by atoms with E-state index in [0.717, 1.165) is 18.2 Å². The van der Waals surface area contributed by atoms with Crippen LogP contribution in [0.1, 0.15) is 27.8 Å². The zero-order valence-electron chi connectivity index (χ0n) is 11.8.